The molecule has 21 heavy (non-hydrogen) atoms. The summed E-state index contributed by atoms with van der Waals surface area (Å²) in [5.74, 6) is -1.17. The maximum absolute atomic E-state index is 13.7. The molecule has 2 aromatic rings. The lowest BCUT2D eigenvalue weighted by Crippen LogP contribution is -2.14. The molecule has 0 amide bonds. The summed E-state index contributed by atoms with van der Waals surface area (Å²) >= 11 is 0. The lowest BCUT2D eigenvalue weighted by molar-refractivity contribution is 0.479. The zero-order valence-corrected chi connectivity index (χ0v) is 12.2. The van der Waals surface area contributed by atoms with Crippen molar-refractivity contribution in [2.45, 2.75) is 25.3 Å². The molecule has 0 aliphatic carbocycles. The van der Waals surface area contributed by atoms with Crippen molar-refractivity contribution in [1.29, 1.82) is 0 Å². The number of halogens is 2. The molecule has 3 N–H and O–H groups in total. The minimum absolute atomic E-state index is 0.0316. The van der Waals surface area contributed by atoms with Crippen LogP contribution in [0, 0.1) is 25.5 Å². The first-order valence-electron chi connectivity index (χ1n) is 6.02. The van der Waals surface area contributed by atoms with E-state index in [1.54, 1.807) is 0 Å². The van der Waals surface area contributed by atoms with Gasteiger partial charge in [-0.3, -0.25) is 4.72 Å². The first-order chi connectivity index (χ1) is 9.74. The van der Waals surface area contributed by atoms with Crippen molar-refractivity contribution in [3.05, 3.63) is 46.9 Å². The number of benzene rings is 1. The monoisotopic (exact) mass is 316 g/mol. The van der Waals surface area contributed by atoms with Crippen LogP contribution < -0.4 is 10.5 Å². The fourth-order valence-corrected chi connectivity index (χ4v) is 3.08. The molecule has 0 radical (unpaired) electrons. The SMILES string of the molecule is Cc1cc(F)c(NS(=O)(=O)c2cc(CN)oc2C)cc1F. The normalized spacial score (nSPS) is 11.7. The zero-order valence-electron chi connectivity index (χ0n) is 11.4. The Balaban J connectivity index is 2.42. The summed E-state index contributed by atoms with van der Waals surface area (Å²) in [5, 5.41) is 0. The molecule has 1 heterocycles. The van der Waals surface area contributed by atoms with Gasteiger partial charge in [-0.1, -0.05) is 0 Å². The number of nitrogens with two attached hydrogens (primary N) is 1. The lowest BCUT2D eigenvalue weighted by Gasteiger charge is -2.09. The second-order valence-corrected chi connectivity index (χ2v) is 6.17. The van der Waals surface area contributed by atoms with Crippen LogP contribution in [0.5, 0.6) is 0 Å². The molecule has 0 spiro atoms. The van der Waals surface area contributed by atoms with E-state index in [1.807, 2.05) is 4.72 Å². The number of sulfonamides is 1. The number of aryl methyl sites for hydroxylation is 2. The van der Waals surface area contributed by atoms with E-state index in [0.29, 0.717) is 0 Å². The lowest BCUT2D eigenvalue weighted by atomic mass is 10.2. The molecule has 0 bridgehead atoms. The Hall–Kier alpha value is -1.93. The summed E-state index contributed by atoms with van der Waals surface area (Å²) < 4.78 is 58.7. The van der Waals surface area contributed by atoms with Crippen LogP contribution in [0.25, 0.3) is 0 Å². The molecular formula is C13H14F2N2O3S. The molecule has 5 nitrogen and oxygen atoms in total. The Kier molecular flexibility index (Phi) is 4.02. The average Bonchev–Trinajstić information content (AvgIpc) is 2.78. The van der Waals surface area contributed by atoms with Crippen LogP contribution in [-0.4, -0.2) is 8.42 Å². The Morgan fingerprint density at radius 3 is 2.43 bits per heavy atom. The van der Waals surface area contributed by atoms with Gasteiger partial charge in [0.05, 0.1) is 12.2 Å². The van der Waals surface area contributed by atoms with Gasteiger partial charge in [0.15, 0.2) is 0 Å². The van der Waals surface area contributed by atoms with E-state index >= 15 is 0 Å². The Morgan fingerprint density at radius 1 is 1.19 bits per heavy atom. The zero-order chi connectivity index (χ0) is 15.8. The first-order valence-corrected chi connectivity index (χ1v) is 7.50. The predicted molar refractivity (Wildman–Crippen MR) is 73.2 cm³/mol. The van der Waals surface area contributed by atoms with E-state index < -0.39 is 27.3 Å². The Bertz CT molecular complexity index is 785. The Labute approximate surface area is 120 Å². The van der Waals surface area contributed by atoms with Gasteiger partial charge in [-0.25, -0.2) is 17.2 Å². The molecule has 114 valence electrons. The van der Waals surface area contributed by atoms with E-state index in [1.165, 1.54) is 19.9 Å². The van der Waals surface area contributed by atoms with Crippen LogP contribution >= 0.6 is 0 Å². The molecule has 0 fully saturated rings. The van der Waals surface area contributed by atoms with Crippen molar-refractivity contribution in [1.82, 2.24) is 0 Å². The van der Waals surface area contributed by atoms with Crippen LogP contribution in [0.15, 0.2) is 27.5 Å². The topological polar surface area (TPSA) is 85.3 Å². The third-order valence-corrected chi connectivity index (χ3v) is 4.38. The highest BCUT2D eigenvalue weighted by atomic mass is 32.2. The minimum atomic E-state index is -4.09. The molecule has 8 heteroatoms. The highest BCUT2D eigenvalue weighted by molar-refractivity contribution is 7.92. The summed E-state index contributed by atoms with van der Waals surface area (Å²) in [5.41, 5.74) is 4.99. The molecule has 0 aliphatic rings. The van der Waals surface area contributed by atoms with Crippen molar-refractivity contribution in [3.63, 3.8) is 0 Å². The van der Waals surface area contributed by atoms with E-state index in [4.69, 9.17) is 10.2 Å². The summed E-state index contributed by atoms with van der Waals surface area (Å²) in [7, 11) is -4.09. The molecule has 0 saturated heterocycles. The second kappa shape index (κ2) is 5.45. The van der Waals surface area contributed by atoms with Crippen LogP contribution in [0.2, 0.25) is 0 Å². The van der Waals surface area contributed by atoms with Gasteiger partial charge in [-0.2, -0.15) is 0 Å². The van der Waals surface area contributed by atoms with E-state index in [0.717, 1.165) is 12.1 Å². The van der Waals surface area contributed by atoms with Gasteiger partial charge in [0.1, 0.15) is 28.1 Å². The fraction of sp³-hybridized carbons (Fsp3) is 0.231. The molecule has 0 saturated carbocycles. The van der Waals surface area contributed by atoms with Crippen LogP contribution in [-0.2, 0) is 16.6 Å². The third-order valence-electron chi connectivity index (χ3n) is 2.91. The van der Waals surface area contributed by atoms with Crippen molar-refractivity contribution in [2.24, 2.45) is 5.73 Å². The summed E-state index contributed by atoms with van der Waals surface area (Å²) in [6, 6.07) is 2.96. The minimum Gasteiger partial charge on any atom is -0.464 e. The molecule has 2 rings (SSSR count). The second-order valence-electron chi connectivity index (χ2n) is 4.52. The van der Waals surface area contributed by atoms with Gasteiger partial charge in [0.25, 0.3) is 10.0 Å². The highest BCUT2D eigenvalue weighted by Crippen LogP contribution is 2.25. The summed E-state index contributed by atoms with van der Waals surface area (Å²) in [6.07, 6.45) is 0. The first kappa shape index (κ1) is 15.5. The highest BCUT2D eigenvalue weighted by Gasteiger charge is 2.23. The van der Waals surface area contributed by atoms with Gasteiger partial charge in [0, 0.05) is 12.1 Å². The molecule has 1 aromatic carbocycles. The number of nitrogens with one attached hydrogen (secondary N) is 1. The Morgan fingerprint density at radius 2 is 1.86 bits per heavy atom. The largest absolute Gasteiger partial charge is 0.464 e. The van der Waals surface area contributed by atoms with Crippen LogP contribution in [0.4, 0.5) is 14.5 Å². The van der Waals surface area contributed by atoms with Crippen molar-refractivity contribution in [3.8, 4) is 0 Å². The summed E-state index contributed by atoms with van der Waals surface area (Å²) in [4.78, 5) is -0.164. The van der Waals surface area contributed by atoms with Gasteiger partial charge < -0.3 is 10.2 Å². The average molecular weight is 316 g/mol. The number of furan rings is 1. The predicted octanol–water partition coefficient (Wildman–Crippen LogP) is 2.43. The summed E-state index contributed by atoms with van der Waals surface area (Å²) in [6.45, 7) is 2.86. The van der Waals surface area contributed by atoms with Crippen molar-refractivity contribution >= 4 is 15.7 Å². The van der Waals surface area contributed by atoms with Crippen molar-refractivity contribution < 1.29 is 21.6 Å². The fourth-order valence-electron chi connectivity index (χ4n) is 1.82. The van der Waals surface area contributed by atoms with E-state index in [2.05, 4.69) is 0 Å². The number of hydrogen-bond donors (Lipinski definition) is 2. The molecule has 0 aliphatic heterocycles. The molecular weight excluding hydrogens is 302 g/mol. The molecule has 0 unspecified atom stereocenters. The van der Waals surface area contributed by atoms with Crippen molar-refractivity contribution in [2.75, 3.05) is 4.72 Å². The number of rotatable bonds is 4. The van der Waals surface area contributed by atoms with E-state index in [-0.39, 0.29) is 28.5 Å². The van der Waals surface area contributed by atoms with E-state index in [9.17, 15) is 17.2 Å². The number of anilines is 1. The van der Waals surface area contributed by atoms with Gasteiger partial charge in [-0.05, 0) is 25.5 Å². The smallest absolute Gasteiger partial charge is 0.265 e. The third kappa shape index (κ3) is 3.06. The molecule has 1 aromatic heterocycles. The molecule has 0 atom stereocenters. The maximum Gasteiger partial charge on any atom is 0.265 e. The maximum atomic E-state index is 13.7. The number of hydrogen-bond acceptors (Lipinski definition) is 4. The van der Waals surface area contributed by atoms with Gasteiger partial charge in [-0.15, -0.1) is 0 Å². The van der Waals surface area contributed by atoms with Gasteiger partial charge in [0.2, 0.25) is 0 Å². The van der Waals surface area contributed by atoms with Crippen LogP contribution in [0.3, 0.4) is 0 Å². The van der Waals surface area contributed by atoms with Gasteiger partial charge >= 0.3 is 0 Å². The standard InChI is InChI=1S/C13H14F2N2O3S/c1-7-3-11(15)12(5-10(7)14)17-21(18,19)13-4-9(6-16)20-8(13)2/h3-5,17H,6,16H2,1-2H3. The quantitative estimate of drug-likeness (QED) is 0.907. The van der Waals surface area contributed by atoms with Crippen LogP contribution in [0.1, 0.15) is 17.1 Å².